The van der Waals surface area contributed by atoms with E-state index in [4.69, 9.17) is 9.84 Å². The topological polar surface area (TPSA) is 99.4 Å². The zero-order valence-corrected chi connectivity index (χ0v) is 8.70. The third kappa shape index (κ3) is 5.26. The predicted molar refractivity (Wildman–Crippen MR) is 52.4 cm³/mol. The first kappa shape index (κ1) is 12.6. The third-order valence-corrected chi connectivity index (χ3v) is 1.55. The van der Waals surface area contributed by atoms with Gasteiger partial charge < -0.3 is 19.8 Å². The zero-order chi connectivity index (χ0) is 12.5. The molecule has 7 heteroatoms. The summed E-state index contributed by atoms with van der Waals surface area (Å²) < 4.78 is 17.0. The quantitative estimate of drug-likeness (QED) is 0.208. The molecule has 0 aliphatic rings. The Hall–Kier alpha value is -2.44. The van der Waals surface area contributed by atoms with Crippen LogP contribution in [0.3, 0.4) is 0 Å². The average molecular weight is 242 g/mol. The van der Waals surface area contributed by atoms with Crippen LogP contribution in [-0.2, 0) is 9.47 Å². The number of ether oxygens (including phenoxy) is 3. The van der Waals surface area contributed by atoms with Crippen LogP contribution in [0.2, 0.25) is 0 Å². The molecule has 1 aromatic rings. The van der Waals surface area contributed by atoms with Gasteiger partial charge in [-0.25, -0.2) is 4.74 Å². The van der Waals surface area contributed by atoms with Gasteiger partial charge in [-0.1, -0.05) is 18.2 Å². The lowest BCUT2D eigenvalue weighted by molar-refractivity contribution is -0.869. The molecule has 0 aliphatic carbocycles. The molecule has 1 aromatic carbocycles. The van der Waals surface area contributed by atoms with Gasteiger partial charge >= 0.3 is 12.3 Å². The van der Waals surface area contributed by atoms with Crippen molar-refractivity contribution < 1.29 is 33.9 Å². The van der Waals surface area contributed by atoms with Crippen LogP contribution in [0.1, 0.15) is 0 Å². The van der Waals surface area contributed by atoms with E-state index in [0.717, 1.165) is 0 Å². The number of para-hydroxylation sites is 1. The Kier molecular flexibility index (Phi) is 5.15. The van der Waals surface area contributed by atoms with Crippen LogP contribution in [-0.4, -0.2) is 30.6 Å². The molecule has 7 nitrogen and oxygen atoms in total. The second-order valence-electron chi connectivity index (χ2n) is 2.71. The Bertz CT molecular complexity index is 374. The fraction of sp³-hybridized carbons (Fsp3) is 0.200. The molecule has 0 spiro atoms. The summed E-state index contributed by atoms with van der Waals surface area (Å²) in [5.41, 5.74) is 0. The van der Waals surface area contributed by atoms with Gasteiger partial charge in [-0.3, -0.25) is 4.58 Å². The van der Waals surface area contributed by atoms with Gasteiger partial charge in [0, 0.05) is 0 Å². The van der Waals surface area contributed by atoms with E-state index in [2.05, 4.69) is 14.0 Å². The number of hydrogen-bond donors (Lipinski definition) is 1. The van der Waals surface area contributed by atoms with Crippen molar-refractivity contribution in [3.05, 3.63) is 30.3 Å². The summed E-state index contributed by atoms with van der Waals surface area (Å²) in [5.74, 6) is 0.625. The number of carboxylic acid groups (broad SMARTS) is 1. The number of rotatable bonds is 4. The minimum Gasteiger partial charge on any atom is -0.628 e. The van der Waals surface area contributed by atoms with Crippen molar-refractivity contribution in [2.75, 3.05) is 13.2 Å². The van der Waals surface area contributed by atoms with Gasteiger partial charge in [0.15, 0.2) is 6.61 Å². The predicted octanol–water partition coefficient (Wildman–Crippen LogP) is 0.708. The van der Waals surface area contributed by atoms with Crippen LogP contribution in [0.5, 0.6) is 5.75 Å². The minimum absolute atomic E-state index is 0.0836. The summed E-state index contributed by atoms with van der Waals surface area (Å²) in [6.07, 6.45) is -2.67. The molecule has 0 saturated carbocycles. The SMILES string of the molecule is O=C(O)OC(OCCOc1ccccc1)=[O+][O-]. The molecule has 0 fully saturated rings. The van der Waals surface area contributed by atoms with Crippen molar-refractivity contribution in [3.8, 4) is 5.75 Å². The number of hydrogen-bond acceptors (Lipinski definition) is 5. The van der Waals surface area contributed by atoms with Crippen LogP contribution in [0.15, 0.2) is 30.3 Å². The zero-order valence-electron chi connectivity index (χ0n) is 8.70. The Balaban J connectivity index is 2.21. The first-order valence-electron chi connectivity index (χ1n) is 4.60. The lowest BCUT2D eigenvalue weighted by Gasteiger charge is -2.02. The molecular formula is C10H10O7. The maximum atomic E-state index is 10.0. The van der Waals surface area contributed by atoms with Gasteiger partial charge in [0.05, 0.1) is 0 Å². The minimum atomic E-state index is -1.69. The molecule has 0 saturated heterocycles. The number of carbonyl (C=O) groups is 1. The van der Waals surface area contributed by atoms with E-state index in [9.17, 15) is 10.1 Å². The Labute approximate surface area is 96.4 Å². The summed E-state index contributed by atoms with van der Waals surface area (Å²) >= 11 is 0. The van der Waals surface area contributed by atoms with Crippen molar-refractivity contribution in [1.82, 2.24) is 0 Å². The van der Waals surface area contributed by atoms with E-state index in [-0.39, 0.29) is 13.2 Å². The van der Waals surface area contributed by atoms with Crippen LogP contribution in [0.25, 0.3) is 0 Å². The molecule has 0 radical (unpaired) electrons. The average Bonchev–Trinajstić information content (AvgIpc) is 2.34. The molecular weight excluding hydrogens is 232 g/mol. The van der Waals surface area contributed by atoms with E-state index in [1.165, 1.54) is 0 Å². The smallest absolute Gasteiger partial charge is 0.628 e. The summed E-state index contributed by atoms with van der Waals surface area (Å²) in [6, 6.07) is 8.90. The van der Waals surface area contributed by atoms with Gasteiger partial charge in [-0.2, -0.15) is 4.79 Å². The van der Waals surface area contributed by atoms with Crippen molar-refractivity contribution in [3.63, 3.8) is 0 Å². The van der Waals surface area contributed by atoms with E-state index in [0.29, 0.717) is 5.75 Å². The van der Waals surface area contributed by atoms with Gasteiger partial charge in [0.1, 0.15) is 12.4 Å². The monoisotopic (exact) mass is 242 g/mol. The maximum Gasteiger partial charge on any atom is 0.735 e. The van der Waals surface area contributed by atoms with E-state index in [1.807, 2.05) is 6.07 Å². The maximum absolute atomic E-state index is 10.0. The van der Waals surface area contributed by atoms with Gasteiger partial charge in [-0.05, 0) is 12.1 Å². The standard InChI is InChI=1S/C10H10O7/c11-9(12)16-10(17-13)15-7-6-14-8-4-2-1-3-5-8/h1-5H,6-7H2,(H,11,12). The summed E-state index contributed by atoms with van der Waals surface area (Å²) in [5, 5.41) is 18.1. The molecule has 0 bridgehead atoms. The first-order chi connectivity index (χ1) is 8.22. The second kappa shape index (κ2) is 6.94. The summed E-state index contributed by atoms with van der Waals surface area (Å²) in [4.78, 5) is 10.0. The molecule has 0 amide bonds. The fourth-order valence-corrected chi connectivity index (χ4v) is 0.943. The summed E-state index contributed by atoms with van der Waals surface area (Å²) in [6.45, 7) is 0.0274. The van der Waals surface area contributed by atoms with Crippen LogP contribution in [0.4, 0.5) is 9.37 Å². The molecule has 0 aromatic heterocycles. The van der Waals surface area contributed by atoms with Crippen LogP contribution >= 0.6 is 0 Å². The van der Waals surface area contributed by atoms with Crippen molar-refractivity contribution >= 4 is 12.3 Å². The highest BCUT2D eigenvalue weighted by Crippen LogP contribution is 2.07. The molecule has 92 valence electrons. The third-order valence-electron chi connectivity index (χ3n) is 1.55. The van der Waals surface area contributed by atoms with E-state index in [1.54, 1.807) is 24.3 Å². The van der Waals surface area contributed by atoms with Gasteiger partial charge in [-0.15, -0.1) is 0 Å². The molecule has 0 aliphatic heterocycles. The second-order valence-corrected chi connectivity index (χ2v) is 2.71. The van der Waals surface area contributed by atoms with Gasteiger partial charge in [0.2, 0.25) is 0 Å². The molecule has 1 rings (SSSR count). The normalized spacial score (nSPS) is 10.7. The Morgan fingerprint density at radius 1 is 1.29 bits per heavy atom. The highest BCUT2D eigenvalue weighted by Gasteiger charge is 2.22. The van der Waals surface area contributed by atoms with Gasteiger partial charge in [0.25, 0.3) is 0 Å². The van der Waals surface area contributed by atoms with Crippen molar-refractivity contribution in [1.29, 1.82) is 0 Å². The van der Waals surface area contributed by atoms with Crippen LogP contribution in [0, 0.1) is 0 Å². The lowest BCUT2D eigenvalue weighted by atomic mass is 10.3. The molecule has 0 unspecified atom stereocenters. The lowest BCUT2D eigenvalue weighted by Crippen LogP contribution is -2.18. The highest BCUT2D eigenvalue weighted by molar-refractivity contribution is 5.75. The van der Waals surface area contributed by atoms with Crippen LogP contribution < -0.4 is 9.99 Å². The van der Waals surface area contributed by atoms with Crippen molar-refractivity contribution in [2.45, 2.75) is 0 Å². The first-order valence-corrected chi connectivity index (χ1v) is 4.60. The Morgan fingerprint density at radius 3 is 2.59 bits per heavy atom. The van der Waals surface area contributed by atoms with E-state index >= 15 is 0 Å². The number of carbonyl (C=O) groups excluding carboxylic acids is 1. The van der Waals surface area contributed by atoms with Crippen molar-refractivity contribution in [2.24, 2.45) is 0 Å². The Morgan fingerprint density at radius 2 is 2.00 bits per heavy atom. The molecule has 1 N–H and O–H groups in total. The largest absolute Gasteiger partial charge is 0.735 e. The molecule has 17 heavy (non-hydrogen) atoms. The molecule has 0 heterocycles. The molecule has 0 atom stereocenters. The highest BCUT2D eigenvalue weighted by atomic mass is 17.1. The number of benzene rings is 1. The fourth-order valence-electron chi connectivity index (χ4n) is 0.943. The van der Waals surface area contributed by atoms with E-state index < -0.39 is 12.3 Å². The summed E-state index contributed by atoms with van der Waals surface area (Å²) in [7, 11) is 0.